The Kier molecular flexibility index (Phi) is 7.59. The molecule has 1 aromatic heterocycles. The number of primary amides is 1. The van der Waals surface area contributed by atoms with Crippen LogP contribution in [-0.2, 0) is 17.9 Å². The fraction of sp³-hybridized carbons (Fsp3) is 0.423. The Morgan fingerprint density at radius 2 is 1.65 bits per heavy atom. The van der Waals surface area contributed by atoms with Crippen molar-refractivity contribution in [2.24, 2.45) is 11.7 Å². The SMILES string of the molecule is COc1ccc(CN2CCN(Cc3nc(N[C@H](C(N)=O)C(C)C)c4ccccc4n3)CC2)cc1. The lowest BCUT2D eigenvalue weighted by Gasteiger charge is -2.34. The largest absolute Gasteiger partial charge is 0.497 e. The lowest BCUT2D eigenvalue weighted by molar-refractivity contribution is -0.119. The van der Waals surface area contributed by atoms with Crippen LogP contribution >= 0.6 is 0 Å². The van der Waals surface area contributed by atoms with Crippen LogP contribution in [0.3, 0.4) is 0 Å². The average Bonchev–Trinajstić information content (AvgIpc) is 2.83. The van der Waals surface area contributed by atoms with Crippen molar-refractivity contribution in [2.45, 2.75) is 33.0 Å². The van der Waals surface area contributed by atoms with Crippen molar-refractivity contribution in [1.82, 2.24) is 19.8 Å². The first-order valence-electron chi connectivity index (χ1n) is 11.8. The van der Waals surface area contributed by atoms with Crippen LogP contribution in [0.4, 0.5) is 5.82 Å². The van der Waals surface area contributed by atoms with Crippen molar-refractivity contribution < 1.29 is 9.53 Å². The van der Waals surface area contributed by atoms with E-state index in [0.29, 0.717) is 12.4 Å². The summed E-state index contributed by atoms with van der Waals surface area (Å²) in [5.41, 5.74) is 7.79. The summed E-state index contributed by atoms with van der Waals surface area (Å²) >= 11 is 0. The van der Waals surface area contributed by atoms with E-state index in [1.165, 1.54) is 5.56 Å². The molecule has 1 saturated heterocycles. The number of fused-ring (bicyclic) bond motifs is 1. The number of nitrogens with two attached hydrogens (primary N) is 1. The Morgan fingerprint density at radius 1 is 1.00 bits per heavy atom. The van der Waals surface area contributed by atoms with Gasteiger partial charge in [-0.1, -0.05) is 38.1 Å². The van der Waals surface area contributed by atoms with Crippen molar-refractivity contribution in [2.75, 3.05) is 38.6 Å². The number of hydrogen-bond acceptors (Lipinski definition) is 7. The maximum absolute atomic E-state index is 12.0. The highest BCUT2D eigenvalue weighted by Gasteiger charge is 2.22. The quantitative estimate of drug-likeness (QED) is 0.505. The molecule has 1 aliphatic rings. The van der Waals surface area contributed by atoms with E-state index in [-0.39, 0.29) is 11.8 Å². The second-order valence-corrected chi connectivity index (χ2v) is 9.17. The summed E-state index contributed by atoms with van der Waals surface area (Å²) in [4.78, 5) is 26.4. The second-order valence-electron chi connectivity index (χ2n) is 9.17. The van der Waals surface area contributed by atoms with E-state index in [1.807, 2.05) is 50.2 Å². The van der Waals surface area contributed by atoms with Crippen LogP contribution in [0, 0.1) is 5.92 Å². The van der Waals surface area contributed by atoms with Gasteiger partial charge in [0.15, 0.2) is 0 Å². The van der Waals surface area contributed by atoms with E-state index >= 15 is 0 Å². The second kappa shape index (κ2) is 10.8. The number of amides is 1. The van der Waals surface area contributed by atoms with Crippen molar-refractivity contribution in [3.63, 3.8) is 0 Å². The number of carbonyl (C=O) groups excluding carboxylic acids is 1. The Labute approximate surface area is 201 Å². The van der Waals surface area contributed by atoms with Gasteiger partial charge in [0, 0.05) is 38.1 Å². The third-order valence-electron chi connectivity index (χ3n) is 6.31. The molecule has 3 aromatic rings. The van der Waals surface area contributed by atoms with Crippen LogP contribution in [-0.4, -0.2) is 65.0 Å². The molecule has 0 unspecified atom stereocenters. The minimum absolute atomic E-state index is 0.0495. The van der Waals surface area contributed by atoms with E-state index in [4.69, 9.17) is 20.4 Å². The van der Waals surface area contributed by atoms with Gasteiger partial charge >= 0.3 is 0 Å². The molecule has 1 amide bonds. The van der Waals surface area contributed by atoms with Gasteiger partial charge in [-0.25, -0.2) is 9.97 Å². The molecule has 1 atom stereocenters. The zero-order chi connectivity index (χ0) is 24.1. The van der Waals surface area contributed by atoms with Gasteiger partial charge in [0.05, 0.1) is 19.2 Å². The summed E-state index contributed by atoms with van der Waals surface area (Å²) in [6.07, 6.45) is 0. The molecule has 180 valence electrons. The minimum Gasteiger partial charge on any atom is -0.497 e. The molecule has 0 bridgehead atoms. The van der Waals surface area contributed by atoms with Gasteiger partial charge in [0.2, 0.25) is 5.91 Å². The number of piperazine rings is 1. The topological polar surface area (TPSA) is 96.6 Å². The van der Waals surface area contributed by atoms with Crippen LogP contribution in [0.15, 0.2) is 48.5 Å². The predicted octanol–water partition coefficient (Wildman–Crippen LogP) is 2.88. The van der Waals surface area contributed by atoms with E-state index in [2.05, 4.69) is 27.2 Å². The molecular formula is C26H34N6O2. The van der Waals surface area contributed by atoms with Gasteiger partial charge in [0.1, 0.15) is 23.4 Å². The molecule has 0 saturated carbocycles. The number of nitrogens with zero attached hydrogens (tertiary/aromatic N) is 4. The molecule has 34 heavy (non-hydrogen) atoms. The third kappa shape index (κ3) is 5.81. The molecule has 8 heteroatoms. The zero-order valence-electron chi connectivity index (χ0n) is 20.2. The molecule has 4 rings (SSSR count). The lowest BCUT2D eigenvalue weighted by Crippen LogP contribution is -2.45. The molecule has 0 spiro atoms. The first kappa shape index (κ1) is 23.9. The normalized spacial score (nSPS) is 16.0. The number of aromatic nitrogens is 2. The fourth-order valence-electron chi connectivity index (χ4n) is 4.31. The van der Waals surface area contributed by atoms with Gasteiger partial charge < -0.3 is 15.8 Å². The van der Waals surface area contributed by atoms with Gasteiger partial charge in [-0.2, -0.15) is 0 Å². The van der Waals surface area contributed by atoms with E-state index in [0.717, 1.165) is 55.2 Å². The highest BCUT2D eigenvalue weighted by atomic mass is 16.5. The molecular weight excluding hydrogens is 428 g/mol. The lowest BCUT2D eigenvalue weighted by atomic mass is 10.0. The Hall–Kier alpha value is -3.23. The van der Waals surface area contributed by atoms with E-state index < -0.39 is 6.04 Å². The molecule has 2 aromatic carbocycles. The van der Waals surface area contributed by atoms with E-state index in [1.54, 1.807) is 7.11 Å². The highest BCUT2D eigenvalue weighted by molar-refractivity contribution is 5.91. The number of hydrogen-bond donors (Lipinski definition) is 2. The molecule has 1 aliphatic heterocycles. The number of rotatable bonds is 9. The predicted molar refractivity (Wildman–Crippen MR) is 135 cm³/mol. The summed E-state index contributed by atoms with van der Waals surface area (Å²) in [5.74, 6) is 1.96. The zero-order valence-corrected chi connectivity index (χ0v) is 20.2. The standard InChI is InChI=1S/C26H34N6O2/c1-18(2)24(25(27)33)30-26-21-6-4-5-7-22(21)28-23(29-26)17-32-14-12-31(13-15-32)16-19-8-10-20(34-3)11-9-19/h4-11,18,24H,12-17H2,1-3H3,(H2,27,33)(H,28,29,30)/t24-/m0/s1. The van der Waals surface area contributed by atoms with Crippen LogP contribution in [0.2, 0.25) is 0 Å². The average molecular weight is 463 g/mol. The maximum atomic E-state index is 12.0. The Balaban J connectivity index is 1.42. The number of carbonyl (C=O) groups is 1. The van der Waals surface area contributed by atoms with Crippen LogP contribution in [0.5, 0.6) is 5.75 Å². The van der Waals surface area contributed by atoms with E-state index in [9.17, 15) is 4.79 Å². The summed E-state index contributed by atoms with van der Waals surface area (Å²) in [6.45, 7) is 9.41. The fourth-order valence-corrected chi connectivity index (χ4v) is 4.31. The summed E-state index contributed by atoms with van der Waals surface area (Å²) < 4.78 is 5.25. The van der Waals surface area contributed by atoms with Gasteiger partial charge in [0.25, 0.3) is 0 Å². The van der Waals surface area contributed by atoms with Crippen molar-refractivity contribution in [3.8, 4) is 5.75 Å². The van der Waals surface area contributed by atoms with Crippen LogP contribution in [0.25, 0.3) is 10.9 Å². The monoisotopic (exact) mass is 462 g/mol. The first-order valence-corrected chi connectivity index (χ1v) is 11.8. The molecule has 0 aliphatic carbocycles. The van der Waals surface area contributed by atoms with Crippen molar-refractivity contribution in [1.29, 1.82) is 0 Å². The van der Waals surface area contributed by atoms with Crippen LogP contribution in [0.1, 0.15) is 25.2 Å². The molecule has 2 heterocycles. The van der Waals surface area contributed by atoms with Gasteiger partial charge in [-0.05, 0) is 35.7 Å². The summed E-state index contributed by atoms with van der Waals surface area (Å²) in [6, 6.07) is 15.6. The maximum Gasteiger partial charge on any atom is 0.240 e. The minimum atomic E-state index is -0.493. The smallest absolute Gasteiger partial charge is 0.240 e. The van der Waals surface area contributed by atoms with Gasteiger partial charge in [-0.3, -0.25) is 14.6 Å². The highest BCUT2D eigenvalue weighted by Crippen LogP contribution is 2.23. The number of nitrogens with one attached hydrogen (secondary N) is 1. The molecule has 0 radical (unpaired) electrons. The van der Waals surface area contributed by atoms with Crippen molar-refractivity contribution >= 4 is 22.6 Å². The Morgan fingerprint density at radius 3 is 2.26 bits per heavy atom. The van der Waals surface area contributed by atoms with Gasteiger partial charge in [-0.15, -0.1) is 0 Å². The third-order valence-corrected chi connectivity index (χ3v) is 6.31. The number of anilines is 1. The number of ether oxygens (including phenoxy) is 1. The van der Waals surface area contributed by atoms with Crippen LogP contribution < -0.4 is 15.8 Å². The molecule has 1 fully saturated rings. The summed E-state index contributed by atoms with van der Waals surface area (Å²) in [5, 5.41) is 4.17. The number of methoxy groups -OCH3 is 1. The number of benzene rings is 2. The molecule has 8 nitrogen and oxygen atoms in total. The number of para-hydroxylation sites is 1. The summed E-state index contributed by atoms with van der Waals surface area (Å²) in [7, 11) is 1.69. The van der Waals surface area contributed by atoms with Crippen molar-refractivity contribution in [3.05, 3.63) is 59.9 Å². The molecule has 3 N–H and O–H groups in total. The first-order chi connectivity index (χ1) is 16.4. The Bertz CT molecular complexity index is 1110.